The van der Waals surface area contributed by atoms with Gasteiger partial charge in [0, 0.05) is 19.1 Å². The van der Waals surface area contributed by atoms with Gasteiger partial charge in [0.2, 0.25) is 0 Å². The van der Waals surface area contributed by atoms with Gasteiger partial charge >= 0.3 is 0 Å². The van der Waals surface area contributed by atoms with E-state index in [2.05, 4.69) is 30.6 Å². The Labute approximate surface area is 70.3 Å². The number of hydrogen-bond acceptors (Lipinski definition) is 2. The smallest absolute Gasteiger partial charge is 0.0163 e. The first-order valence-electron chi connectivity index (χ1n) is 4.25. The molecule has 0 rings (SSSR count). The number of nitrogens with one attached hydrogen (secondary N) is 1. The summed E-state index contributed by atoms with van der Waals surface area (Å²) < 4.78 is 0. The highest BCUT2D eigenvalue weighted by Crippen LogP contribution is 1.90. The maximum absolute atomic E-state index is 3.72. The molecule has 1 atom stereocenters. The SMILES string of the molecule is C=CCN(CC)CC(C)NC. The second-order valence-electron chi connectivity index (χ2n) is 2.83. The molecule has 1 N–H and O–H groups in total. The lowest BCUT2D eigenvalue weighted by atomic mass is 10.3. The monoisotopic (exact) mass is 156 g/mol. The molecule has 2 heteroatoms. The molecule has 0 aliphatic rings. The summed E-state index contributed by atoms with van der Waals surface area (Å²) in [7, 11) is 1.99. The summed E-state index contributed by atoms with van der Waals surface area (Å²) in [6, 6.07) is 0.565. The predicted molar refractivity (Wildman–Crippen MR) is 50.8 cm³/mol. The van der Waals surface area contributed by atoms with Crippen LogP contribution in [-0.2, 0) is 0 Å². The Kier molecular flexibility index (Phi) is 6.18. The summed E-state index contributed by atoms with van der Waals surface area (Å²) in [4.78, 5) is 2.36. The first-order valence-corrected chi connectivity index (χ1v) is 4.25. The van der Waals surface area contributed by atoms with E-state index in [0.29, 0.717) is 6.04 Å². The molecule has 66 valence electrons. The van der Waals surface area contributed by atoms with Crippen molar-refractivity contribution in [3.63, 3.8) is 0 Å². The quantitative estimate of drug-likeness (QED) is 0.579. The standard InChI is InChI=1S/C9H20N2/c1-5-7-11(6-2)8-9(3)10-4/h5,9-10H,1,6-8H2,2-4H3. The summed E-state index contributed by atoms with van der Waals surface area (Å²) in [5.41, 5.74) is 0. The Bertz CT molecular complexity index is 102. The van der Waals surface area contributed by atoms with Crippen LogP contribution in [-0.4, -0.2) is 37.6 Å². The van der Waals surface area contributed by atoms with E-state index in [-0.39, 0.29) is 0 Å². The number of likely N-dealkylation sites (N-methyl/N-ethyl adjacent to an activating group) is 2. The van der Waals surface area contributed by atoms with Crippen molar-refractivity contribution in [2.24, 2.45) is 0 Å². The van der Waals surface area contributed by atoms with Gasteiger partial charge in [-0.1, -0.05) is 13.0 Å². The molecule has 0 aromatic heterocycles. The van der Waals surface area contributed by atoms with Crippen molar-refractivity contribution in [3.05, 3.63) is 12.7 Å². The molecule has 0 radical (unpaired) electrons. The Hall–Kier alpha value is -0.340. The molecule has 0 saturated carbocycles. The van der Waals surface area contributed by atoms with Crippen molar-refractivity contribution in [1.29, 1.82) is 0 Å². The van der Waals surface area contributed by atoms with Gasteiger partial charge in [0.05, 0.1) is 0 Å². The first kappa shape index (κ1) is 10.7. The van der Waals surface area contributed by atoms with Crippen LogP contribution in [0.25, 0.3) is 0 Å². The van der Waals surface area contributed by atoms with Gasteiger partial charge in [0.1, 0.15) is 0 Å². The van der Waals surface area contributed by atoms with Crippen LogP contribution in [0.5, 0.6) is 0 Å². The van der Waals surface area contributed by atoms with Crippen LogP contribution in [0.3, 0.4) is 0 Å². The summed E-state index contributed by atoms with van der Waals surface area (Å²) in [5.74, 6) is 0. The largest absolute Gasteiger partial charge is 0.316 e. The van der Waals surface area contributed by atoms with E-state index in [1.165, 1.54) is 0 Å². The molecular weight excluding hydrogens is 136 g/mol. The van der Waals surface area contributed by atoms with Gasteiger partial charge in [0.25, 0.3) is 0 Å². The van der Waals surface area contributed by atoms with Crippen molar-refractivity contribution in [2.75, 3.05) is 26.7 Å². The number of hydrogen-bond donors (Lipinski definition) is 1. The summed E-state index contributed by atoms with van der Waals surface area (Å²) in [6.45, 7) is 11.3. The van der Waals surface area contributed by atoms with E-state index in [4.69, 9.17) is 0 Å². The average Bonchev–Trinajstić information content (AvgIpc) is 2.03. The lowest BCUT2D eigenvalue weighted by Gasteiger charge is -2.22. The highest BCUT2D eigenvalue weighted by Gasteiger charge is 2.03. The minimum absolute atomic E-state index is 0.565. The average molecular weight is 156 g/mol. The van der Waals surface area contributed by atoms with Gasteiger partial charge < -0.3 is 5.32 Å². The highest BCUT2D eigenvalue weighted by molar-refractivity contribution is 4.75. The molecular formula is C9H20N2. The van der Waals surface area contributed by atoms with Gasteiger partial charge in [-0.25, -0.2) is 0 Å². The lowest BCUT2D eigenvalue weighted by molar-refractivity contribution is 0.289. The van der Waals surface area contributed by atoms with E-state index < -0.39 is 0 Å². The van der Waals surface area contributed by atoms with Crippen LogP contribution >= 0.6 is 0 Å². The molecule has 0 spiro atoms. The Morgan fingerprint density at radius 3 is 2.64 bits per heavy atom. The lowest BCUT2D eigenvalue weighted by Crippen LogP contribution is -2.37. The van der Waals surface area contributed by atoms with Gasteiger partial charge in [-0.3, -0.25) is 4.90 Å². The highest BCUT2D eigenvalue weighted by atomic mass is 15.1. The molecule has 0 bridgehead atoms. The molecule has 0 amide bonds. The third kappa shape index (κ3) is 4.99. The molecule has 0 saturated heterocycles. The molecule has 1 unspecified atom stereocenters. The zero-order valence-electron chi connectivity index (χ0n) is 7.93. The minimum Gasteiger partial charge on any atom is -0.316 e. The summed E-state index contributed by atoms with van der Waals surface area (Å²) in [5, 5.41) is 3.21. The second-order valence-corrected chi connectivity index (χ2v) is 2.83. The van der Waals surface area contributed by atoms with Crippen LogP contribution < -0.4 is 5.32 Å². The fraction of sp³-hybridized carbons (Fsp3) is 0.778. The van der Waals surface area contributed by atoms with Crippen LogP contribution in [0, 0.1) is 0 Å². The normalized spacial score (nSPS) is 13.5. The van der Waals surface area contributed by atoms with Crippen LogP contribution in [0.4, 0.5) is 0 Å². The van der Waals surface area contributed by atoms with Crippen molar-refractivity contribution in [1.82, 2.24) is 10.2 Å². The minimum atomic E-state index is 0.565. The zero-order chi connectivity index (χ0) is 8.69. The van der Waals surface area contributed by atoms with Gasteiger partial charge in [-0.2, -0.15) is 0 Å². The maximum Gasteiger partial charge on any atom is 0.0163 e. The van der Waals surface area contributed by atoms with Crippen LogP contribution in [0.1, 0.15) is 13.8 Å². The van der Waals surface area contributed by atoms with E-state index in [0.717, 1.165) is 19.6 Å². The van der Waals surface area contributed by atoms with Crippen LogP contribution in [0.2, 0.25) is 0 Å². The third-order valence-corrected chi connectivity index (χ3v) is 1.86. The molecule has 2 nitrogen and oxygen atoms in total. The van der Waals surface area contributed by atoms with E-state index >= 15 is 0 Å². The van der Waals surface area contributed by atoms with Crippen molar-refractivity contribution >= 4 is 0 Å². The van der Waals surface area contributed by atoms with Crippen molar-refractivity contribution in [3.8, 4) is 0 Å². The molecule has 0 aliphatic heterocycles. The Balaban J connectivity index is 3.57. The molecule has 0 aromatic rings. The fourth-order valence-electron chi connectivity index (χ4n) is 0.994. The van der Waals surface area contributed by atoms with Gasteiger partial charge in [-0.05, 0) is 20.5 Å². The number of nitrogens with zero attached hydrogens (tertiary/aromatic N) is 1. The second kappa shape index (κ2) is 6.38. The van der Waals surface area contributed by atoms with Gasteiger partial charge in [-0.15, -0.1) is 6.58 Å². The van der Waals surface area contributed by atoms with Crippen molar-refractivity contribution < 1.29 is 0 Å². The summed E-state index contributed by atoms with van der Waals surface area (Å²) >= 11 is 0. The van der Waals surface area contributed by atoms with E-state index in [1.807, 2.05) is 13.1 Å². The van der Waals surface area contributed by atoms with Crippen LogP contribution in [0.15, 0.2) is 12.7 Å². The molecule has 11 heavy (non-hydrogen) atoms. The Morgan fingerprint density at radius 2 is 2.27 bits per heavy atom. The molecule has 0 heterocycles. The summed E-state index contributed by atoms with van der Waals surface area (Å²) in [6.07, 6.45) is 1.95. The molecule has 0 aliphatic carbocycles. The van der Waals surface area contributed by atoms with E-state index in [1.54, 1.807) is 0 Å². The van der Waals surface area contributed by atoms with Gasteiger partial charge in [0.15, 0.2) is 0 Å². The third-order valence-electron chi connectivity index (χ3n) is 1.86. The molecule has 0 fully saturated rings. The topological polar surface area (TPSA) is 15.3 Å². The first-order chi connectivity index (χ1) is 5.24. The Morgan fingerprint density at radius 1 is 1.64 bits per heavy atom. The zero-order valence-corrected chi connectivity index (χ0v) is 7.93. The van der Waals surface area contributed by atoms with E-state index in [9.17, 15) is 0 Å². The maximum atomic E-state index is 3.72. The fourth-order valence-corrected chi connectivity index (χ4v) is 0.994. The molecule has 0 aromatic carbocycles. The van der Waals surface area contributed by atoms with Crippen molar-refractivity contribution in [2.45, 2.75) is 19.9 Å². The predicted octanol–water partition coefficient (Wildman–Crippen LogP) is 1.10. The number of rotatable bonds is 6.